The predicted molar refractivity (Wildman–Crippen MR) is 98.8 cm³/mol. The van der Waals surface area contributed by atoms with Crippen LogP contribution in [0.4, 0.5) is 17.6 Å². The molecule has 0 bridgehead atoms. The first-order valence-corrected chi connectivity index (χ1v) is 9.31. The summed E-state index contributed by atoms with van der Waals surface area (Å²) >= 11 is 0.894. The van der Waals surface area contributed by atoms with Crippen molar-refractivity contribution in [3.05, 3.63) is 75.8 Å². The normalized spacial score (nSPS) is 11.2. The summed E-state index contributed by atoms with van der Waals surface area (Å²) in [5.74, 6) is -3.61. The van der Waals surface area contributed by atoms with Gasteiger partial charge >= 0.3 is 0 Å². The quantitative estimate of drug-likeness (QED) is 0.353. The molecule has 1 aromatic carbocycles. The molecule has 0 saturated carbocycles. The second kappa shape index (κ2) is 7.78. The van der Waals surface area contributed by atoms with Crippen LogP contribution in [0.3, 0.4) is 0 Å². The van der Waals surface area contributed by atoms with Crippen molar-refractivity contribution < 1.29 is 22.3 Å². The minimum absolute atomic E-state index is 0.0364. The zero-order valence-corrected chi connectivity index (χ0v) is 16.0. The first kappa shape index (κ1) is 19.9. The maximum atomic E-state index is 14.2. The predicted octanol–water partition coefficient (Wildman–Crippen LogP) is 3.13. The lowest BCUT2D eigenvalue weighted by Crippen LogP contribution is -2.25. The molecule has 4 aromatic rings. The number of nitrogens with zero attached hydrogens (tertiary/aromatic N) is 5. The van der Waals surface area contributed by atoms with Crippen LogP contribution in [0, 0.1) is 23.3 Å². The number of hydrogen-bond acceptors (Lipinski definition) is 6. The first-order chi connectivity index (χ1) is 14.4. The Balaban J connectivity index is 1.84. The highest BCUT2D eigenvalue weighted by Crippen LogP contribution is 2.25. The van der Waals surface area contributed by atoms with Gasteiger partial charge in [0.1, 0.15) is 11.6 Å². The average molecular weight is 437 g/mol. The van der Waals surface area contributed by atoms with E-state index in [1.165, 1.54) is 13.2 Å². The molecule has 0 atom stereocenters. The molecule has 30 heavy (non-hydrogen) atoms. The van der Waals surface area contributed by atoms with Gasteiger partial charge in [-0.25, -0.2) is 22.5 Å². The number of thioether (sulfide) groups is 1. The summed E-state index contributed by atoms with van der Waals surface area (Å²) in [5, 5.41) is 7.72. The number of hydrogen-bond donors (Lipinski definition) is 0. The zero-order chi connectivity index (χ0) is 21.4. The van der Waals surface area contributed by atoms with E-state index in [-0.39, 0.29) is 28.0 Å². The number of benzene rings is 1. The largest absolute Gasteiger partial charge is 0.479 e. The highest BCUT2D eigenvalue weighted by molar-refractivity contribution is 7.98. The molecule has 0 aliphatic rings. The van der Waals surface area contributed by atoms with Crippen LogP contribution in [0.5, 0.6) is 5.88 Å². The maximum absolute atomic E-state index is 14.2. The van der Waals surface area contributed by atoms with E-state index in [0.717, 1.165) is 51.6 Å². The van der Waals surface area contributed by atoms with E-state index in [0.29, 0.717) is 0 Å². The highest BCUT2D eigenvalue weighted by Gasteiger charge is 2.20. The minimum Gasteiger partial charge on any atom is -0.479 e. The summed E-state index contributed by atoms with van der Waals surface area (Å²) in [4.78, 5) is 16.7. The Labute approximate surface area is 169 Å². The Bertz CT molecular complexity index is 1320. The van der Waals surface area contributed by atoms with Crippen molar-refractivity contribution in [3.8, 4) is 11.6 Å². The maximum Gasteiger partial charge on any atom is 0.288 e. The second-order valence-corrected chi connectivity index (χ2v) is 6.91. The number of methoxy groups -OCH3 is 1. The highest BCUT2D eigenvalue weighted by atomic mass is 32.2. The molecule has 0 amide bonds. The summed E-state index contributed by atoms with van der Waals surface area (Å²) in [5.41, 5.74) is -1.22. The van der Waals surface area contributed by atoms with Crippen molar-refractivity contribution in [2.45, 2.75) is 10.9 Å². The van der Waals surface area contributed by atoms with Crippen molar-refractivity contribution in [2.75, 3.05) is 7.11 Å². The molecule has 0 spiro atoms. The third-order valence-corrected chi connectivity index (χ3v) is 5.08. The fourth-order valence-corrected chi connectivity index (χ4v) is 3.66. The third kappa shape index (κ3) is 3.49. The van der Waals surface area contributed by atoms with Gasteiger partial charge in [0.15, 0.2) is 22.3 Å². The first-order valence-electron chi connectivity index (χ1n) is 8.32. The van der Waals surface area contributed by atoms with Crippen LogP contribution >= 0.6 is 11.8 Å². The molecule has 0 fully saturated rings. The molecule has 4 rings (SSSR count). The molecule has 7 nitrogen and oxygen atoms in total. The third-order valence-electron chi connectivity index (χ3n) is 4.10. The van der Waals surface area contributed by atoms with Gasteiger partial charge in [-0.3, -0.25) is 9.36 Å². The number of fused-ring (bicyclic) bond motifs is 1. The van der Waals surface area contributed by atoms with Gasteiger partial charge < -0.3 is 4.74 Å². The van der Waals surface area contributed by atoms with E-state index in [2.05, 4.69) is 15.2 Å². The fraction of sp³-hybridized carbons (Fsp3) is 0.111. The number of halogens is 4. The van der Waals surface area contributed by atoms with E-state index in [9.17, 15) is 22.4 Å². The standard InChI is InChI=1S/C18H11F4N5O2S/c1-29-16-13(21)5-11(6-23-16)26-17(28)15-14(22)7-24-27(15)25-18(26)30-8-9-2-3-10(19)4-12(9)20/h2-7H,8H2,1H3. The summed E-state index contributed by atoms with van der Waals surface area (Å²) in [6.07, 6.45) is 1.97. The van der Waals surface area contributed by atoms with Crippen molar-refractivity contribution in [2.24, 2.45) is 0 Å². The molecule has 0 radical (unpaired) electrons. The molecule has 0 saturated heterocycles. The van der Waals surface area contributed by atoms with Gasteiger partial charge in [-0.1, -0.05) is 17.8 Å². The molecule has 3 heterocycles. The number of aromatic nitrogens is 5. The van der Waals surface area contributed by atoms with Crippen LogP contribution < -0.4 is 10.3 Å². The van der Waals surface area contributed by atoms with Crippen molar-refractivity contribution in [3.63, 3.8) is 0 Å². The molecule has 0 unspecified atom stereocenters. The van der Waals surface area contributed by atoms with E-state index in [4.69, 9.17) is 4.74 Å². The molecule has 154 valence electrons. The van der Waals surface area contributed by atoms with E-state index in [1.54, 1.807) is 0 Å². The van der Waals surface area contributed by atoms with Crippen LogP contribution in [0.1, 0.15) is 5.56 Å². The lowest BCUT2D eigenvalue weighted by Gasteiger charge is -2.12. The zero-order valence-electron chi connectivity index (χ0n) is 15.1. The monoisotopic (exact) mass is 437 g/mol. The van der Waals surface area contributed by atoms with E-state index < -0.39 is 34.3 Å². The van der Waals surface area contributed by atoms with Crippen LogP contribution in [0.15, 0.2) is 46.6 Å². The molecular weight excluding hydrogens is 426 g/mol. The Morgan fingerprint density at radius 1 is 1.07 bits per heavy atom. The fourth-order valence-electron chi connectivity index (χ4n) is 2.69. The van der Waals surface area contributed by atoms with E-state index in [1.807, 2.05) is 0 Å². The molecular formula is C18H11F4N5O2S. The van der Waals surface area contributed by atoms with Gasteiger partial charge in [0.25, 0.3) is 5.56 Å². The molecule has 0 aliphatic carbocycles. The summed E-state index contributed by atoms with van der Waals surface area (Å²) in [6.45, 7) is 0. The Morgan fingerprint density at radius 3 is 2.57 bits per heavy atom. The Kier molecular flexibility index (Phi) is 5.16. The van der Waals surface area contributed by atoms with Gasteiger partial charge in [-0.15, -0.1) is 9.73 Å². The van der Waals surface area contributed by atoms with Crippen molar-refractivity contribution in [1.29, 1.82) is 0 Å². The lowest BCUT2D eigenvalue weighted by molar-refractivity contribution is 0.368. The van der Waals surface area contributed by atoms with Gasteiger partial charge in [-0.2, -0.15) is 5.10 Å². The van der Waals surface area contributed by atoms with Crippen LogP contribution in [0.25, 0.3) is 11.2 Å². The lowest BCUT2D eigenvalue weighted by atomic mass is 10.2. The summed E-state index contributed by atoms with van der Waals surface area (Å²) in [7, 11) is 1.23. The molecule has 0 N–H and O–H groups in total. The molecule has 12 heteroatoms. The molecule has 0 aliphatic heterocycles. The summed E-state index contributed by atoms with van der Waals surface area (Å²) < 4.78 is 61.8. The SMILES string of the molecule is COc1ncc(-n2c(SCc3ccc(F)cc3F)nn3ncc(F)c3c2=O)cc1F. The smallest absolute Gasteiger partial charge is 0.288 e. The van der Waals surface area contributed by atoms with Crippen molar-refractivity contribution in [1.82, 2.24) is 24.4 Å². The average Bonchev–Trinajstić information content (AvgIpc) is 3.08. The number of pyridine rings is 1. The van der Waals surface area contributed by atoms with Gasteiger partial charge in [0, 0.05) is 17.9 Å². The second-order valence-electron chi connectivity index (χ2n) is 5.96. The van der Waals surface area contributed by atoms with Gasteiger partial charge in [0.05, 0.1) is 25.2 Å². The van der Waals surface area contributed by atoms with Crippen LogP contribution in [-0.2, 0) is 5.75 Å². The Hall–Kier alpha value is -3.41. The van der Waals surface area contributed by atoms with Gasteiger partial charge in [0.2, 0.25) is 5.88 Å². The van der Waals surface area contributed by atoms with E-state index >= 15 is 0 Å². The summed E-state index contributed by atoms with van der Waals surface area (Å²) in [6, 6.07) is 4.04. The van der Waals surface area contributed by atoms with Gasteiger partial charge in [-0.05, 0) is 11.6 Å². The minimum atomic E-state index is -0.913. The molecule has 3 aromatic heterocycles. The topological polar surface area (TPSA) is 74.3 Å². The Morgan fingerprint density at radius 2 is 1.87 bits per heavy atom. The number of ether oxygens (including phenoxy) is 1. The van der Waals surface area contributed by atoms with Crippen molar-refractivity contribution >= 4 is 17.3 Å². The number of rotatable bonds is 5. The van der Waals surface area contributed by atoms with Crippen LogP contribution in [0.2, 0.25) is 0 Å². The van der Waals surface area contributed by atoms with Crippen LogP contribution in [-0.4, -0.2) is 31.5 Å².